The van der Waals surface area contributed by atoms with E-state index >= 15 is 0 Å². The van der Waals surface area contributed by atoms with Gasteiger partial charge >= 0.3 is 0 Å². The molecule has 5 nitrogen and oxygen atoms in total. The van der Waals surface area contributed by atoms with E-state index in [1.165, 1.54) is 0 Å². The van der Waals surface area contributed by atoms with Crippen LogP contribution in [0.1, 0.15) is 44.3 Å². The molecule has 31 heavy (non-hydrogen) atoms. The van der Waals surface area contributed by atoms with Crippen LogP contribution in [0, 0.1) is 6.92 Å². The van der Waals surface area contributed by atoms with Crippen LogP contribution in [-0.2, 0) is 13.0 Å². The molecule has 2 amide bonds. The predicted molar refractivity (Wildman–Crippen MR) is 122 cm³/mol. The Morgan fingerprint density at radius 1 is 1.06 bits per heavy atom. The van der Waals surface area contributed by atoms with Crippen molar-refractivity contribution in [1.82, 2.24) is 5.32 Å². The number of carbonyl (C=O) groups excluding carboxylic acids is 2. The molecule has 3 aromatic carbocycles. The number of anilines is 1. The molecule has 0 unspecified atom stereocenters. The second-order valence-corrected chi connectivity index (χ2v) is 7.92. The number of carbonyl (C=O) groups is 2. The lowest BCUT2D eigenvalue weighted by Crippen LogP contribution is -2.35. The van der Waals surface area contributed by atoms with Crippen LogP contribution in [0.25, 0.3) is 0 Å². The normalized spacial score (nSPS) is 14.8. The van der Waals surface area contributed by atoms with Crippen molar-refractivity contribution >= 4 is 17.5 Å². The maximum absolute atomic E-state index is 13.2. The van der Waals surface area contributed by atoms with E-state index in [9.17, 15) is 9.59 Å². The van der Waals surface area contributed by atoms with E-state index in [0.29, 0.717) is 17.7 Å². The number of aryl methyl sites for hydroxylation is 1. The zero-order chi connectivity index (χ0) is 22.0. The van der Waals surface area contributed by atoms with Gasteiger partial charge in [-0.2, -0.15) is 0 Å². The van der Waals surface area contributed by atoms with Crippen LogP contribution in [0.15, 0.2) is 66.7 Å². The van der Waals surface area contributed by atoms with E-state index < -0.39 is 0 Å². The maximum Gasteiger partial charge on any atom is 0.258 e. The first-order valence-electron chi connectivity index (χ1n) is 10.4. The van der Waals surface area contributed by atoms with Gasteiger partial charge in [0.05, 0.1) is 7.11 Å². The van der Waals surface area contributed by atoms with Gasteiger partial charge < -0.3 is 15.0 Å². The highest BCUT2D eigenvalue weighted by Gasteiger charge is 2.31. The third-order valence-electron chi connectivity index (χ3n) is 5.76. The second-order valence-electron chi connectivity index (χ2n) is 7.92. The van der Waals surface area contributed by atoms with Crippen LogP contribution in [0.2, 0.25) is 0 Å². The fourth-order valence-corrected chi connectivity index (χ4v) is 4.05. The van der Waals surface area contributed by atoms with Crippen LogP contribution in [0.5, 0.6) is 5.75 Å². The van der Waals surface area contributed by atoms with E-state index in [1.807, 2.05) is 48.2 Å². The summed E-state index contributed by atoms with van der Waals surface area (Å²) in [6.07, 6.45) is 0.813. The Morgan fingerprint density at radius 3 is 2.52 bits per heavy atom. The zero-order valence-electron chi connectivity index (χ0n) is 18.0. The second kappa shape index (κ2) is 8.64. The minimum Gasteiger partial charge on any atom is -0.497 e. The van der Waals surface area contributed by atoms with E-state index in [1.54, 1.807) is 31.4 Å². The van der Waals surface area contributed by atoms with Gasteiger partial charge in [-0.15, -0.1) is 0 Å². The van der Waals surface area contributed by atoms with Crippen molar-refractivity contribution in [2.75, 3.05) is 12.0 Å². The van der Waals surface area contributed by atoms with Crippen LogP contribution in [0.4, 0.5) is 5.69 Å². The molecule has 0 spiro atoms. The topological polar surface area (TPSA) is 58.6 Å². The minimum atomic E-state index is -0.0990. The molecule has 1 atom stereocenters. The van der Waals surface area contributed by atoms with Gasteiger partial charge in [-0.05, 0) is 73.4 Å². The van der Waals surface area contributed by atoms with Crippen molar-refractivity contribution in [2.24, 2.45) is 0 Å². The summed E-state index contributed by atoms with van der Waals surface area (Å²) in [5, 5.41) is 2.99. The number of fused-ring (bicyclic) bond motifs is 1. The lowest BCUT2D eigenvalue weighted by atomic mass is 10.1. The number of methoxy groups -OCH3 is 1. The predicted octanol–water partition coefficient (Wildman–Crippen LogP) is 4.53. The van der Waals surface area contributed by atoms with Crippen molar-refractivity contribution in [3.63, 3.8) is 0 Å². The summed E-state index contributed by atoms with van der Waals surface area (Å²) in [6.45, 7) is 4.38. The highest BCUT2D eigenvalue weighted by Crippen LogP contribution is 2.34. The molecule has 0 aromatic heterocycles. The first-order valence-corrected chi connectivity index (χ1v) is 10.4. The zero-order valence-corrected chi connectivity index (χ0v) is 18.0. The first kappa shape index (κ1) is 20.7. The van der Waals surface area contributed by atoms with Crippen molar-refractivity contribution in [2.45, 2.75) is 32.9 Å². The maximum atomic E-state index is 13.2. The number of nitrogens with zero attached hydrogens (tertiary/aromatic N) is 1. The van der Waals surface area contributed by atoms with Crippen molar-refractivity contribution in [1.29, 1.82) is 0 Å². The summed E-state index contributed by atoms with van der Waals surface area (Å²) < 4.78 is 5.19. The highest BCUT2D eigenvalue weighted by molar-refractivity contribution is 6.07. The largest absolute Gasteiger partial charge is 0.497 e. The molecule has 0 saturated heterocycles. The van der Waals surface area contributed by atoms with Gasteiger partial charge in [-0.3, -0.25) is 9.59 Å². The van der Waals surface area contributed by atoms with E-state index in [2.05, 4.69) is 18.3 Å². The molecular formula is C26H26N2O3. The monoisotopic (exact) mass is 414 g/mol. The Bertz CT molecular complexity index is 1120. The number of amides is 2. The van der Waals surface area contributed by atoms with Crippen LogP contribution >= 0.6 is 0 Å². The Labute approximate surface area is 182 Å². The fraction of sp³-hybridized carbons (Fsp3) is 0.231. The Hall–Kier alpha value is -3.60. The van der Waals surface area contributed by atoms with Crippen molar-refractivity contribution < 1.29 is 14.3 Å². The smallest absolute Gasteiger partial charge is 0.258 e. The summed E-state index contributed by atoms with van der Waals surface area (Å²) in [4.78, 5) is 27.6. The summed E-state index contributed by atoms with van der Waals surface area (Å²) in [6, 6.07) is 20.9. The van der Waals surface area contributed by atoms with Crippen LogP contribution in [0.3, 0.4) is 0 Å². The van der Waals surface area contributed by atoms with Gasteiger partial charge in [0.15, 0.2) is 0 Å². The minimum absolute atomic E-state index is 0.0324. The molecule has 1 aliphatic rings. The lowest BCUT2D eigenvalue weighted by molar-refractivity contribution is 0.0948. The van der Waals surface area contributed by atoms with Gasteiger partial charge in [-0.1, -0.05) is 30.3 Å². The fourth-order valence-electron chi connectivity index (χ4n) is 4.05. The van der Waals surface area contributed by atoms with Gasteiger partial charge in [0.1, 0.15) is 5.75 Å². The molecule has 0 aliphatic carbocycles. The SMILES string of the molecule is COc1ccc(C(=O)N2c3cc(CNC(=O)c4ccccc4C)ccc3C[C@@H]2C)cc1. The van der Waals surface area contributed by atoms with E-state index in [4.69, 9.17) is 4.74 Å². The molecule has 5 heteroatoms. The number of hydrogen-bond acceptors (Lipinski definition) is 3. The quantitative estimate of drug-likeness (QED) is 0.668. The summed E-state index contributed by atoms with van der Waals surface area (Å²) >= 11 is 0. The van der Waals surface area contributed by atoms with Crippen LogP contribution < -0.4 is 15.0 Å². The Kier molecular flexibility index (Phi) is 5.76. The summed E-state index contributed by atoms with van der Waals surface area (Å²) in [5.41, 5.74) is 5.26. The molecule has 4 rings (SSSR count). The molecule has 0 saturated carbocycles. The average Bonchev–Trinajstić information content (AvgIpc) is 3.12. The Balaban J connectivity index is 1.53. The van der Waals surface area contributed by atoms with Gasteiger partial charge in [-0.25, -0.2) is 0 Å². The third kappa shape index (κ3) is 4.17. The number of benzene rings is 3. The van der Waals surface area contributed by atoms with Crippen LogP contribution in [-0.4, -0.2) is 25.0 Å². The number of ether oxygens (including phenoxy) is 1. The average molecular weight is 415 g/mol. The highest BCUT2D eigenvalue weighted by atomic mass is 16.5. The van der Waals surface area contributed by atoms with Gasteiger partial charge in [0, 0.05) is 29.4 Å². The molecule has 1 heterocycles. The molecular weight excluding hydrogens is 388 g/mol. The lowest BCUT2D eigenvalue weighted by Gasteiger charge is -2.23. The third-order valence-corrected chi connectivity index (χ3v) is 5.76. The molecule has 1 N–H and O–H groups in total. The molecule has 1 aliphatic heterocycles. The Morgan fingerprint density at radius 2 is 1.81 bits per heavy atom. The first-order chi connectivity index (χ1) is 15.0. The summed E-state index contributed by atoms with van der Waals surface area (Å²) in [5.74, 6) is 0.589. The van der Waals surface area contributed by atoms with E-state index in [0.717, 1.165) is 34.5 Å². The molecule has 3 aromatic rings. The summed E-state index contributed by atoms with van der Waals surface area (Å²) in [7, 11) is 1.61. The molecule has 0 radical (unpaired) electrons. The standard InChI is InChI=1S/C26H26N2O3/c1-17-6-4-5-7-23(17)25(29)27-16-19-8-9-21-14-18(2)28(24(21)15-19)26(30)20-10-12-22(31-3)13-11-20/h4-13,15,18H,14,16H2,1-3H3,(H,27,29)/t18-/m0/s1. The number of hydrogen-bond donors (Lipinski definition) is 1. The number of nitrogens with one attached hydrogen (secondary N) is 1. The van der Waals surface area contributed by atoms with Gasteiger partial charge in [0.25, 0.3) is 11.8 Å². The molecule has 0 fully saturated rings. The molecule has 158 valence electrons. The molecule has 0 bridgehead atoms. The van der Waals surface area contributed by atoms with Crippen molar-refractivity contribution in [3.05, 3.63) is 94.5 Å². The van der Waals surface area contributed by atoms with E-state index in [-0.39, 0.29) is 17.9 Å². The van der Waals surface area contributed by atoms with Gasteiger partial charge in [0.2, 0.25) is 0 Å². The van der Waals surface area contributed by atoms with Crippen molar-refractivity contribution in [3.8, 4) is 5.75 Å². The number of rotatable bonds is 5.